The average molecular weight is 270 g/mol. The zero-order chi connectivity index (χ0) is 14.4. The maximum absolute atomic E-state index is 11.9. The van der Waals surface area contributed by atoms with Gasteiger partial charge in [0.25, 0.3) is 5.91 Å². The van der Waals surface area contributed by atoms with Gasteiger partial charge in [-0.25, -0.2) is 0 Å². The Kier molecular flexibility index (Phi) is 4.60. The van der Waals surface area contributed by atoms with Crippen molar-refractivity contribution in [2.75, 3.05) is 30.9 Å². The van der Waals surface area contributed by atoms with E-state index in [9.17, 15) is 4.79 Å². The van der Waals surface area contributed by atoms with Crippen molar-refractivity contribution >= 4 is 17.3 Å². The summed E-state index contributed by atoms with van der Waals surface area (Å²) in [5.41, 5.74) is 1.74. The number of hydrogen-bond donors (Lipinski definition) is 1. The fourth-order valence-electron chi connectivity index (χ4n) is 1.82. The number of amides is 1. The molecule has 2 aromatic rings. The van der Waals surface area contributed by atoms with E-state index < -0.39 is 0 Å². The molecule has 2 aromatic carbocycles. The maximum atomic E-state index is 11.9. The smallest absolute Gasteiger partial charge is 0.262 e. The summed E-state index contributed by atoms with van der Waals surface area (Å²) in [7, 11) is 3.87. The van der Waals surface area contributed by atoms with Gasteiger partial charge < -0.3 is 15.0 Å². The van der Waals surface area contributed by atoms with E-state index in [1.807, 2.05) is 73.6 Å². The molecule has 4 nitrogen and oxygen atoms in total. The first kappa shape index (κ1) is 13.9. The van der Waals surface area contributed by atoms with Gasteiger partial charge in [-0.15, -0.1) is 0 Å². The van der Waals surface area contributed by atoms with Gasteiger partial charge in [-0.05, 0) is 24.3 Å². The molecule has 1 amide bonds. The third-order valence-corrected chi connectivity index (χ3v) is 2.77. The van der Waals surface area contributed by atoms with E-state index in [2.05, 4.69) is 5.32 Å². The van der Waals surface area contributed by atoms with Crippen molar-refractivity contribution in [3.05, 3.63) is 54.6 Å². The van der Waals surface area contributed by atoms with Crippen LogP contribution >= 0.6 is 0 Å². The molecule has 0 radical (unpaired) electrons. The summed E-state index contributed by atoms with van der Waals surface area (Å²) >= 11 is 0. The molecular weight excluding hydrogens is 252 g/mol. The third-order valence-electron chi connectivity index (χ3n) is 2.77. The first-order valence-electron chi connectivity index (χ1n) is 6.41. The lowest BCUT2D eigenvalue weighted by Gasteiger charge is -2.17. The molecule has 0 fully saturated rings. The first-order chi connectivity index (χ1) is 9.66. The summed E-state index contributed by atoms with van der Waals surface area (Å²) in [6.45, 7) is -0.00816. The Hall–Kier alpha value is -2.49. The van der Waals surface area contributed by atoms with Gasteiger partial charge in [0, 0.05) is 14.1 Å². The number of anilines is 2. The number of nitrogens with one attached hydrogen (secondary N) is 1. The van der Waals surface area contributed by atoms with Gasteiger partial charge in [0.1, 0.15) is 5.75 Å². The highest BCUT2D eigenvalue weighted by atomic mass is 16.5. The second-order valence-electron chi connectivity index (χ2n) is 4.56. The van der Waals surface area contributed by atoms with Crippen molar-refractivity contribution < 1.29 is 9.53 Å². The number of ether oxygens (including phenoxy) is 1. The molecular formula is C16H18N2O2. The minimum absolute atomic E-state index is 0.00816. The fourth-order valence-corrected chi connectivity index (χ4v) is 1.82. The van der Waals surface area contributed by atoms with Gasteiger partial charge in [-0.2, -0.15) is 0 Å². The zero-order valence-electron chi connectivity index (χ0n) is 11.7. The molecule has 104 valence electrons. The Morgan fingerprint density at radius 3 is 2.40 bits per heavy atom. The van der Waals surface area contributed by atoms with E-state index in [0.717, 1.165) is 11.4 Å². The molecule has 0 aliphatic rings. The molecule has 0 saturated heterocycles. The Morgan fingerprint density at radius 2 is 1.70 bits per heavy atom. The lowest BCUT2D eigenvalue weighted by atomic mass is 10.2. The highest BCUT2D eigenvalue weighted by Gasteiger charge is 2.08. The van der Waals surface area contributed by atoms with Crippen molar-refractivity contribution in [3.63, 3.8) is 0 Å². The summed E-state index contributed by atoms with van der Waals surface area (Å²) in [6, 6.07) is 16.9. The van der Waals surface area contributed by atoms with Crippen LogP contribution in [0.2, 0.25) is 0 Å². The SMILES string of the molecule is CN(C)c1ccccc1NC(=O)COc1ccccc1. The molecule has 0 heterocycles. The Bertz CT molecular complexity index is 568. The van der Waals surface area contributed by atoms with Crippen LogP contribution in [0.15, 0.2) is 54.6 Å². The molecule has 0 spiro atoms. The standard InChI is InChI=1S/C16H18N2O2/c1-18(2)15-11-7-6-10-14(15)17-16(19)12-20-13-8-4-3-5-9-13/h3-11H,12H2,1-2H3,(H,17,19). The van der Waals surface area contributed by atoms with Crippen LogP contribution in [0.1, 0.15) is 0 Å². The second kappa shape index (κ2) is 6.61. The van der Waals surface area contributed by atoms with Crippen molar-refractivity contribution in [3.8, 4) is 5.75 Å². The number of hydrogen-bond acceptors (Lipinski definition) is 3. The fraction of sp³-hybridized carbons (Fsp3) is 0.188. The van der Waals surface area contributed by atoms with E-state index in [0.29, 0.717) is 5.75 Å². The third kappa shape index (κ3) is 3.75. The number of para-hydroxylation sites is 3. The van der Waals surface area contributed by atoms with Gasteiger partial charge in [-0.1, -0.05) is 30.3 Å². The summed E-state index contributed by atoms with van der Waals surface area (Å²) in [5, 5.41) is 2.86. The molecule has 20 heavy (non-hydrogen) atoms. The maximum Gasteiger partial charge on any atom is 0.262 e. The van der Waals surface area contributed by atoms with E-state index in [1.54, 1.807) is 0 Å². The van der Waals surface area contributed by atoms with Crippen LogP contribution in [0, 0.1) is 0 Å². The van der Waals surface area contributed by atoms with Crippen molar-refractivity contribution in [2.45, 2.75) is 0 Å². The number of carbonyl (C=O) groups excluding carboxylic acids is 1. The highest BCUT2D eigenvalue weighted by molar-refractivity contribution is 5.95. The lowest BCUT2D eigenvalue weighted by molar-refractivity contribution is -0.118. The normalized spacial score (nSPS) is 9.90. The van der Waals surface area contributed by atoms with Crippen LogP contribution in [-0.2, 0) is 4.79 Å². The molecule has 0 unspecified atom stereocenters. The predicted octanol–water partition coefficient (Wildman–Crippen LogP) is 2.77. The molecule has 0 bridgehead atoms. The largest absolute Gasteiger partial charge is 0.484 e. The van der Waals surface area contributed by atoms with Crippen molar-refractivity contribution in [1.29, 1.82) is 0 Å². The van der Waals surface area contributed by atoms with E-state index in [-0.39, 0.29) is 12.5 Å². The van der Waals surface area contributed by atoms with Gasteiger partial charge >= 0.3 is 0 Å². The highest BCUT2D eigenvalue weighted by Crippen LogP contribution is 2.23. The Labute approximate surface area is 119 Å². The first-order valence-corrected chi connectivity index (χ1v) is 6.41. The lowest BCUT2D eigenvalue weighted by Crippen LogP contribution is -2.22. The van der Waals surface area contributed by atoms with E-state index in [4.69, 9.17) is 4.74 Å². The van der Waals surface area contributed by atoms with Crippen molar-refractivity contribution in [2.24, 2.45) is 0 Å². The monoisotopic (exact) mass is 270 g/mol. The summed E-state index contributed by atoms with van der Waals surface area (Å²) in [6.07, 6.45) is 0. The average Bonchev–Trinajstić information content (AvgIpc) is 2.46. The molecule has 1 N–H and O–H groups in total. The van der Waals surface area contributed by atoms with Gasteiger partial charge in [-0.3, -0.25) is 4.79 Å². The summed E-state index contributed by atoms with van der Waals surface area (Å²) in [4.78, 5) is 13.9. The molecule has 0 aliphatic heterocycles. The number of rotatable bonds is 5. The molecule has 0 aromatic heterocycles. The number of carbonyl (C=O) groups is 1. The quantitative estimate of drug-likeness (QED) is 0.908. The molecule has 0 atom stereocenters. The number of nitrogens with zero attached hydrogens (tertiary/aromatic N) is 1. The van der Waals surface area contributed by atoms with Gasteiger partial charge in [0.05, 0.1) is 11.4 Å². The van der Waals surface area contributed by atoms with Crippen LogP contribution in [0.5, 0.6) is 5.75 Å². The van der Waals surface area contributed by atoms with Crippen LogP contribution in [0.25, 0.3) is 0 Å². The minimum Gasteiger partial charge on any atom is -0.484 e. The Balaban J connectivity index is 1.95. The minimum atomic E-state index is -0.178. The topological polar surface area (TPSA) is 41.6 Å². The van der Waals surface area contributed by atoms with Gasteiger partial charge in [0.2, 0.25) is 0 Å². The molecule has 4 heteroatoms. The second-order valence-corrected chi connectivity index (χ2v) is 4.56. The summed E-state index contributed by atoms with van der Waals surface area (Å²) < 4.78 is 5.41. The van der Waals surface area contributed by atoms with E-state index >= 15 is 0 Å². The molecule has 0 aliphatic carbocycles. The van der Waals surface area contributed by atoms with Crippen LogP contribution < -0.4 is 15.0 Å². The predicted molar refractivity (Wildman–Crippen MR) is 81.3 cm³/mol. The molecule has 0 saturated carbocycles. The number of benzene rings is 2. The van der Waals surface area contributed by atoms with Crippen LogP contribution in [-0.4, -0.2) is 26.6 Å². The van der Waals surface area contributed by atoms with Crippen LogP contribution in [0.4, 0.5) is 11.4 Å². The van der Waals surface area contributed by atoms with Crippen molar-refractivity contribution in [1.82, 2.24) is 0 Å². The Morgan fingerprint density at radius 1 is 1.05 bits per heavy atom. The van der Waals surface area contributed by atoms with E-state index in [1.165, 1.54) is 0 Å². The zero-order valence-corrected chi connectivity index (χ0v) is 11.7. The summed E-state index contributed by atoms with van der Waals surface area (Å²) in [5.74, 6) is 0.506. The van der Waals surface area contributed by atoms with Gasteiger partial charge in [0.15, 0.2) is 6.61 Å². The van der Waals surface area contributed by atoms with Crippen LogP contribution in [0.3, 0.4) is 0 Å². The molecule has 2 rings (SSSR count).